The van der Waals surface area contributed by atoms with E-state index >= 15 is 0 Å². The largest absolute Gasteiger partial charge is 0.491 e. The van der Waals surface area contributed by atoms with Gasteiger partial charge in [0, 0.05) is 17.5 Å². The van der Waals surface area contributed by atoms with Crippen molar-refractivity contribution in [3.63, 3.8) is 0 Å². The standard InChI is InChI=1S/C22H23N5O2/c1-3-16(27(4-2)22-20-21(24-13-23-20)25-14-26-22)12-29-19-10-9-15(11-28)17-7-5-6-8-18(17)19/h5-11,13-14,16H,3-4,12H2,1-2H3,(H,23,24,25,26). The smallest absolute Gasteiger partial charge is 0.182 e. The van der Waals surface area contributed by atoms with Gasteiger partial charge in [0.2, 0.25) is 0 Å². The summed E-state index contributed by atoms with van der Waals surface area (Å²) in [6, 6.07) is 11.6. The Hall–Kier alpha value is -3.48. The van der Waals surface area contributed by atoms with Gasteiger partial charge in [0.15, 0.2) is 17.8 Å². The second-order valence-electron chi connectivity index (χ2n) is 6.77. The lowest BCUT2D eigenvalue weighted by molar-refractivity contribution is 0.112. The van der Waals surface area contributed by atoms with Gasteiger partial charge in [-0.1, -0.05) is 31.2 Å². The number of H-pyrrole nitrogens is 1. The van der Waals surface area contributed by atoms with Crippen LogP contribution in [0.25, 0.3) is 21.9 Å². The number of carbonyl (C=O) groups is 1. The van der Waals surface area contributed by atoms with E-state index in [0.717, 1.165) is 47.1 Å². The van der Waals surface area contributed by atoms with Crippen molar-refractivity contribution in [1.29, 1.82) is 0 Å². The normalized spacial score (nSPS) is 12.2. The molecule has 0 aliphatic heterocycles. The minimum Gasteiger partial charge on any atom is -0.491 e. The third-order valence-electron chi connectivity index (χ3n) is 5.20. The summed E-state index contributed by atoms with van der Waals surface area (Å²) in [6.07, 6.45) is 4.94. The van der Waals surface area contributed by atoms with Gasteiger partial charge in [-0.15, -0.1) is 0 Å². The van der Waals surface area contributed by atoms with Crippen molar-refractivity contribution in [2.45, 2.75) is 26.3 Å². The molecule has 0 spiro atoms. The van der Waals surface area contributed by atoms with E-state index in [1.807, 2.05) is 36.4 Å². The number of benzene rings is 2. The van der Waals surface area contributed by atoms with Crippen molar-refractivity contribution in [3.05, 3.63) is 54.6 Å². The van der Waals surface area contributed by atoms with Gasteiger partial charge in [0.1, 0.15) is 24.2 Å². The van der Waals surface area contributed by atoms with Crippen LogP contribution in [0.3, 0.4) is 0 Å². The molecule has 0 aliphatic rings. The fraction of sp³-hybridized carbons (Fsp3) is 0.273. The highest BCUT2D eigenvalue weighted by atomic mass is 16.5. The summed E-state index contributed by atoms with van der Waals surface area (Å²) in [5, 5.41) is 1.84. The molecule has 0 bridgehead atoms. The van der Waals surface area contributed by atoms with Crippen LogP contribution in [0.2, 0.25) is 0 Å². The van der Waals surface area contributed by atoms with Crippen molar-refractivity contribution < 1.29 is 9.53 Å². The Morgan fingerprint density at radius 1 is 1.10 bits per heavy atom. The van der Waals surface area contributed by atoms with Gasteiger partial charge < -0.3 is 14.6 Å². The number of anilines is 1. The number of aldehydes is 1. The Labute approximate surface area is 168 Å². The van der Waals surface area contributed by atoms with E-state index < -0.39 is 0 Å². The summed E-state index contributed by atoms with van der Waals surface area (Å²) in [7, 11) is 0. The molecule has 4 aromatic rings. The topological polar surface area (TPSA) is 84.0 Å². The summed E-state index contributed by atoms with van der Waals surface area (Å²) in [6.45, 7) is 5.50. The minimum atomic E-state index is 0.117. The molecule has 2 aromatic carbocycles. The van der Waals surface area contributed by atoms with Crippen molar-refractivity contribution in [3.8, 4) is 5.75 Å². The number of hydrogen-bond acceptors (Lipinski definition) is 6. The lowest BCUT2D eigenvalue weighted by Gasteiger charge is -2.31. The quantitative estimate of drug-likeness (QED) is 0.459. The number of ether oxygens (including phenoxy) is 1. The second-order valence-corrected chi connectivity index (χ2v) is 6.77. The Bertz CT molecular complexity index is 1140. The molecule has 0 fully saturated rings. The maximum atomic E-state index is 11.3. The Balaban J connectivity index is 1.62. The molecule has 2 aromatic heterocycles. The molecule has 7 nitrogen and oxygen atoms in total. The molecule has 7 heteroatoms. The summed E-state index contributed by atoms with van der Waals surface area (Å²) < 4.78 is 6.24. The van der Waals surface area contributed by atoms with E-state index in [0.29, 0.717) is 17.8 Å². The predicted octanol–water partition coefficient (Wildman–Crippen LogP) is 4.00. The number of aromatic amines is 1. The van der Waals surface area contributed by atoms with E-state index in [-0.39, 0.29) is 6.04 Å². The molecule has 4 rings (SSSR count). The highest BCUT2D eigenvalue weighted by Gasteiger charge is 2.21. The lowest BCUT2D eigenvalue weighted by Crippen LogP contribution is -2.40. The van der Waals surface area contributed by atoms with Crippen LogP contribution in [0.15, 0.2) is 49.1 Å². The van der Waals surface area contributed by atoms with E-state index in [1.165, 1.54) is 0 Å². The molecule has 29 heavy (non-hydrogen) atoms. The van der Waals surface area contributed by atoms with Gasteiger partial charge in [-0.2, -0.15) is 0 Å². The zero-order valence-electron chi connectivity index (χ0n) is 16.5. The molecule has 2 heterocycles. The maximum absolute atomic E-state index is 11.3. The number of rotatable bonds is 8. The highest BCUT2D eigenvalue weighted by molar-refractivity contribution is 6.00. The third-order valence-corrected chi connectivity index (χ3v) is 5.20. The van der Waals surface area contributed by atoms with Crippen LogP contribution in [-0.4, -0.2) is 45.4 Å². The average Bonchev–Trinajstić information content (AvgIpc) is 3.26. The molecule has 0 amide bonds. The number of imidazole rings is 1. The Kier molecular flexibility index (Phi) is 5.37. The average molecular weight is 389 g/mol. The van der Waals surface area contributed by atoms with E-state index in [1.54, 1.807) is 12.7 Å². The number of nitrogens with zero attached hydrogens (tertiary/aromatic N) is 4. The van der Waals surface area contributed by atoms with Crippen LogP contribution >= 0.6 is 0 Å². The zero-order chi connectivity index (χ0) is 20.2. The van der Waals surface area contributed by atoms with Gasteiger partial charge >= 0.3 is 0 Å². The molecule has 0 saturated carbocycles. The van der Waals surface area contributed by atoms with E-state index in [9.17, 15) is 4.79 Å². The van der Waals surface area contributed by atoms with Crippen LogP contribution in [0, 0.1) is 0 Å². The molecule has 1 atom stereocenters. The van der Waals surface area contributed by atoms with E-state index in [2.05, 4.69) is 38.7 Å². The van der Waals surface area contributed by atoms with Crippen molar-refractivity contribution in [2.75, 3.05) is 18.1 Å². The third kappa shape index (κ3) is 3.51. The van der Waals surface area contributed by atoms with Crippen molar-refractivity contribution in [1.82, 2.24) is 19.9 Å². The number of hydrogen-bond donors (Lipinski definition) is 1. The van der Waals surface area contributed by atoms with Crippen molar-refractivity contribution >= 4 is 34.0 Å². The second kappa shape index (κ2) is 8.26. The van der Waals surface area contributed by atoms with Gasteiger partial charge in [0.05, 0.1) is 12.4 Å². The number of likely N-dealkylation sites (N-methyl/N-ethyl adjacent to an activating group) is 1. The zero-order valence-corrected chi connectivity index (χ0v) is 16.5. The molecular formula is C22H23N5O2. The number of nitrogens with one attached hydrogen (secondary N) is 1. The Morgan fingerprint density at radius 2 is 1.93 bits per heavy atom. The molecule has 0 aliphatic carbocycles. The summed E-state index contributed by atoms with van der Waals surface area (Å²) in [4.78, 5) is 29.6. The summed E-state index contributed by atoms with van der Waals surface area (Å²) in [5.41, 5.74) is 2.14. The van der Waals surface area contributed by atoms with Crippen molar-refractivity contribution in [2.24, 2.45) is 0 Å². The Morgan fingerprint density at radius 3 is 2.69 bits per heavy atom. The van der Waals surface area contributed by atoms with Gasteiger partial charge in [-0.25, -0.2) is 15.0 Å². The van der Waals surface area contributed by atoms with Crippen LogP contribution in [-0.2, 0) is 0 Å². The molecular weight excluding hydrogens is 366 g/mol. The first-order chi connectivity index (χ1) is 14.3. The van der Waals surface area contributed by atoms with Crippen LogP contribution in [0.4, 0.5) is 5.82 Å². The summed E-state index contributed by atoms with van der Waals surface area (Å²) in [5.74, 6) is 1.60. The van der Waals surface area contributed by atoms with E-state index in [4.69, 9.17) is 4.74 Å². The molecule has 0 saturated heterocycles. The predicted molar refractivity (Wildman–Crippen MR) is 114 cm³/mol. The first-order valence-corrected chi connectivity index (χ1v) is 9.77. The molecule has 148 valence electrons. The van der Waals surface area contributed by atoms with Gasteiger partial charge in [-0.3, -0.25) is 4.79 Å². The number of aromatic nitrogens is 4. The maximum Gasteiger partial charge on any atom is 0.182 e. The van der Waals surface area contributed by atoms with Gasteiger partial charge in [-0.05, 0) is 30.9 Å². The molecule has 0 radical (unpaired) electrons. The minimum absolute atomic E-state index is 0.117. The van der Waals surface area contributed by atoms with Crippen LogP contribution < -0.4 is 9.64 Å². The number of carbonyl (C=O) groups excluding carboxylic acids is 1. The van der Waals surface area contributed by atoms with Crippen LogP contribution in [0.5, 0.6) is 5.75 Å². The monoisotopic (exact) mass is 389 g/mol. The number of fused-ring (bicyclic) bond motifs is 2. The molecule has 1 N–H and O–H groups in total. The first kappa shape index (κ1) is 18.9. The lowest BCUT2D eigenvalue weighted by atomic mass is 10.0. The SMILES string of the molecule is CCC(COc1ccc(C=O)c2ccccc12)N(CC)c1ncnc2nc[nH]c12. The molecule has 1 unspecified atom stereocenters. The fourth-order valence-electron chi connectivity index (χ4n) is 3.69. The first-order valence-electron chi connectivity index (χ1n) is 9.77. The van der Waals surface area contributed by atoms with Crippen LogP contribution in [0.1, 0.15) is 30.6 Å². The van der Waals surface area contributed by atoms with Gasteiger partial charge in [0.25, 0.3) is 0 Å². The summed E-state index contributed by atoms with van der Waals surface area (Å²) >= 11 is 0. The fourth-order valence-corrected chi connectivity index (χ4v) is 3.69. The highest BCUT2D eigenvalue weighted by Crippen LogP contribution is 2.29.